The van der Waals surface area contributed by atoms with Gasteiger partial charge in [0.05, 0.1) is 23.4 Å². The Labute approximate surface area is 194 Å². The van der Waals surface area contributed by atoms with E-state index in [0.29, 0.717) is 16.5 Å². The maximum Gasteiger partial charge on any atom is 0.243 e. The van der Waals surface area contributed by atoms with E-state index < -0.39 is 32.0 Å². The molecule has 1 amide bonds. The third-order valence-electron chi connectivity index (χ3n) is 4.44. The lowest BCUT2D eigenvalue weighted by Crippen LogP contribution is -2.48. The molecule has 2 aromatic rings. The van der Waals surface area contributed by atoms with E-state index in [1.165, 1.54) is 57.4 Å². The molecule has 0 unspecified atom stereocenters. The van der Waals surface area contributed by atoms with Crippen LogP contribution in [0.2, 0.25) is 5.02 Å². The highest BCUT2D eigenvalue weighted by Crippen LogP contribution is 2.23. The number of halogens is 1. The lowest BCUT2D eigenvalue weighted by Gasteiger charge is -2.28. The normalized spacial score (nSPS) is 12.9. The number of carbonyl (C=O) groups is 1. The molecule has 2 rings (SSSR count). The summed E-state index contributed by atoms with van der Waals surface area (Å²) in [5.41, 5.74) is 0.323. The van der Waals surface area contributed by atoms with Gasteiger partial charge in [0.15, 0.2) is 0 Å². The van der Waals surface area contributed by atoms with Crippen molar-refractivity contribution in [3.05, 3.63) is 53.6 Å². The van der Waals surface area contributed by atoms with Gasteiger partial charge < -0.3 is 10.1 Å². The van der Waals surface area contributed by atoms with Crippen molar-refractivity contribution in [1.29, 1.82) is 0 Å². The molecule has 0 bridgehead atoms. The van der Waals surface area contributed by atoms with Crippen molar-refractivity contribution in [2.45, 2.75) is 17.9 Å². The van der Waals surface area contributed by atoms with Gasteiger partial charge in [-0.25, -0.2) is 21.1 Å². The summed E-state index contributed by atoms with van der Waals surface area (Å²) in [5.74, 6) is -0.0645. The Bertz CT molecular complexity index is 1130. The average molecular weight is 504 g/mol. The number of benzene rings is 2. The number of rotatable bonds is 10. The average Bonchev–Trinajstić information content (AvgIpc) is 2.71. The minimum absolute atomic E-state index is 0.109. The first-order valence-electron chi connectivity index (χ1n) is 9.52. The van der Waals surface area contributed by atoms with Crippen LogP contribution in [0.5, 0.6) is 5.75 Å². The molecule has 1 N–H and O–H groups in total. The van der Waals surface area contributed by atoms with Crippen LogP contribution in [0.3, 0.4) is 0 Å². The highest BCUT2D eigenvalue weighted by molar-refractivity contribution is 7.92. The minimum atomic E-state index is -3.73. The van der Waals surface area contributed by atoms with Crippen molar-refractivity contribution in [1.82, 2.24) is 9.62 Å². The molecule has 32 heavy (non-hydrogen) atoms. The van der Waals surface area contributed by atoms with Crippen LogP contribution in [-0.4, -0.2) is 66.6 Å². The van der Waals surface area contributed by atoms with Gasteiger partial charge >= 0.3 is 0 Å². The minimum Gasteiger partial charge on any atom is -0.492 e. The van der Waals surface area contributed by atoms with Gasteiger partial charge in [0.2, 0.25) is 26.0 Å². The Kier molecular flexibility index (Phi) is 8.52. The number of nitrogens with zero attached hydrogens (tertiary/aromatic N) is 2. The van der Waals surface area contributed by atoms with Crippen LogP contribution in [0.15, 0.2) is 53.4 Å². The van der Waals surface area contributed by atoms with Gasteiger partial charge in [-0.3, -0.25) is 9.10 Å². The number of carbonyl (C=O) groups excluding carboxylic acids is 1. The molecular weight excluding hydrogens is 478 g/mol. The smallest absolute Gasteiger partial charge is 0.243 e. The predicted molar refractivity (Wildman–Crippen MR) is 124 cm³/mol. The van der Waals surface area contributed by atoms with Crippen molar-refractivity contribution in [3.8, 4) is 5.75 Å². The summed E-state index contributed by atoms with van der Waals surface area (Å²) >= 11 is 5.86. The Morgan fingerprint density at radius 2 is 1.59 bits per heavy atom. The van der Waals surface area contributed by atoms with E-state index in [1.807, 2.05) is 0 Å². The zero-order valence-corrected chi connectivity index (χ0v) is 20.5. The molecular formula is C20H26ClN3O6S2. The van der Waals surface area contributed by atoms with Gasteiger partial charge in [-0.1, -0.05) is 11.6 Å². The Hall–Kier alpha value is -2.34. The fourth-order valence-electron chi connectivity index (χ4n) is 2.81. The van der Waals surface area contributed by atoms with Crippen LogP contribution in [0.1, 0.15) is 6.92 Å². The maximum absolute atomic E-state index is 12.5. The molecule has 0 aromatic heterocycles. The summed E-state index contributed by atoms with van der Waals surface area (Å²) in [6.45, 7) is 1.72. The number of amides is 1. The van der Waals surface area contributed by atoms with Gasteiger partial charge in [0.1, 0.15) is 18.4 Å². The molecule has 1 atom stereocenters. The molecule has 2 aromatic carbocycles. The molecule has 0 heterocycles. The number of ether oxygens (including phenoxy) is 1. The summed E-state index contributed by atoms with van der Waals surface area (Å²) in [7, 11) is -4.36. The van der Waals surface area contributed by atoms with Crippen molar-refractivity contribution in [3.63, 3.8) is 0 Å². The molecule has 0 aliphatic carbocycles. The molecule has 0 aliphatic heterocycles. The summed E-state index contributed by atoms with van der Waals surface area (Å²) < 4.78 is 56.3. The topological polar surface area (TPSA) is 113 Å². The second-order valence-corrected chi connectivity index (χ2v) is 11.6. The van der Waals surface area contributed by atoms with Gasteiger partial charge in [-0.05, 0) is 55.5 Å². The molecule has 0 radical (unpaired) electrons. The summed E-state index contributed by atoms with van der Waals surface area (Å²) in [6, 6.07) is 11.0. The highest BCUT2D eigenvalue weighted by atomic mass is 35.5. The van der Waals surface area contributed by atoms with E-state index in [1.54, 1.807) is 12.1 Å². The Balaban J connectivity index is 1.95. The fraction of sp³-hybridized carbons (Fsp3) is 0.350. The lowest BCUT2D eigenvalue weighted by molar-refractivity contribution is -0.121. The first-order valence-corrected chi connectivity index (χ1v) is 13.2. The van der Waals surface area contributed by atoms with Gasteiger partial charge in [-0.15, -0.1) is 0 Å². The zero-order valence-electron chi connectivity index (χ0n) is 18.1. The van der Waals surface area contributed by atoms with Crippen LogP contribution in [0.25, 0.3) is 0 Å². The Morgan fingerprint density at radius 1 is 1.03 bits per heavy atom. The van der Waals surface area contributed by atoms with Crippen LogP contribution < -0.4 is 14.4 Å². The van der Waals surface area contributed by atoms with Gasteiger partial charge in [-0.2, -0.15) is 0 Å². The van der Waals surface area contributed by atoms with Gasteiger partial charge in [0, 0.05) is 19.1 Å². The third kappa shape index (κ3) is 6.58. The second-order valence-electron chi connectivity index (χ2n) is 7.11. The van der Waals surface area contributed by atoms with Crippen molar-refractivity contribution in [2.24, 2.45) is 0 Å². The van der Waals surface area contributed by atoms with E-state index in [0.717, 1.165) is 14.9 Å². The molecule has 0 spiro atoms. The van der Waals surface area contributed by atoms with Crippen LogP contribution in [0.4, 0.5) is 5.69 Å². The molecule has 0 saturated carbocycles. The standard InChI is InChI=1S/C20H26ClN3O6S2/c1-15(24(31(4,26)27)17-7-5-16(21)6-8-17)20(25)22-13-14-30-18-9-11-19(12-10-18)32(28,29)23(2)3/h5-12,15H,13-14H2,1-4H3,(H,22,25)/t15-/m1/s1. The number of hydrogen-bond acceptors (Lipinski definition) is 6. The zero-order chi connectivity index (χ0) is 24.1. The molecule has 0 saturated heterocycles. The highest BCUT2D eigenvalue weighted by Gasteiger charge is 2.28. The Morgan fingerprint density at radius 3 is 2.09 bits per heavy atom. The largest absolute Gasteiger partial charge is 0.492 e. The predicted octanol–water partition coefficient (Wildman–Crippen LogP) is 1.94. The van der Waals surface area contributed by atoms with Gasteiger partial charge in [0.25, 0.3) is 0 Å². The maximum atomic E-state index is 12.5. The monoisotopic (exact) mass is 503 g/mol. The summed E-state index contributed by atoms with van der Waals surface area (Å²) in [6.07, 6.45) is 1.02. The van der Waals surface area contributed by atoms with Crippen LogP contribution in [-0.2, 0) is 24.8 Å². The first-order chi connectivity index (χ1) is 14.8. The number of anilines is 1. The van der Waals surface area contributed by atoms with E-state index >= 15 is 0 Å². The van der Waals surface area contributed by atoms with Crippen LogP contribution in [0, 0.1) is 0 Å². The first kappa shape index (κ1) is 25.9. The second kappa shape index (κ2) is 10.5. The third-order valence-corrected chi connectivity index (χ3v) is 7.76. The SMILES string of the molecule is C[C@H](C(=O)NCCOc1ccc(S(=O)(=O)N(C)C)cc1)N(c1ccc(Cl)cc1)S(C)(=O)=O. The van der Waals surface area contributed by atoms with Crippen LogP contribution >= 0.6 is 11.6 Å². The number of hydrogen-bond donors (Lipinski definition) is 1. The molecule has 0 fully saturated rings. The van der Waals surface area contributed by atoms with Crippen molar-refractivity contribution < 1.29 is 26.4 Å². The molecule has 0 aliphatic rings. The molecule has 176 valence electrons. The van der Waals surface area contributed by atoms with E-state index in [9.17, 15) is 21.6 Å². The van der Waals surface area contributed by atoms with Crippen molar-refractivity contribution >= 4 is 43.2 Å². The summed E-state index contributed by atoms with van der Waals surface area (Å²) in [5, 5.41) is 3.09. The van der Waals surface area contributed by atoms with E-state index in [4.69, 9.17) is 16.3 Å². The number of nitrogens with one attached hydrogen (secondary N) is 1. The van der Waals surface area contributed by atoms with Crippen molar-refractivity contribution in [2.75, 3.05) is 37.8 Å². The molecule has 12 heteroatoms. The summed E-state index contributed by atoms with van der Waals surface area (Å²) in [4.78, 5) is 12.7. The van der Waals surface area contributed by atoms with E-state index in [-0.39, 0.29) is 18.0 Å². The van der Waals surface area contributed by atoms with E-state index in [2.05, 4.69) is 5.32 Å². The quantitative estimate of drug-likeness (QED) is 0.496. The fourth-order valence-corrected chi connectivity index (χ4v) is 5.01. The lowest BCUT2D eigenvalue weighted by atomic mass is 10.2. The number of sulfonamides is 2. The molecule has 9 nitrogen and oxygen atoms in total.